The standard InChI is InChI=1S/C15H11BrN4O4S/c1-8(21)18-15-19-10(7-25-15)6-24-14-11-4-9(16)2-3-12(11)17-5-13(14)20(22)23/h2-5,7H,6H2,1H3,(H,18,19,21). The molecule has 3 rings (SSSR count). The lowest BCUT2D eigenvalue weighted by Gasteiger charge is -2.09. The second-order valence-electron chi connectivity index (χ2n) is 5.01. The molecule has 25 heavy (non-hydrogen) atoms. The third-order valence-electron chi connectivity index (χ3n) is 3.16. The van der Waals surface area contributed by atoms with E-state index < -0.39 is 4.92 Å². The number of ether oxygens (including phenoxy) is 1. The van der Waals surface area contributed by atoms with Crippen LogP contribution < -0.4 is 10.1 Å². The van der Waals surface area contributed by atoms with Crippen molar-refractivity contribution in [3.8, 4) is 5.75 Å². The Hall–Kier alpha value is -2.59. The lowest BCUT2D eigenvalue weighted by Crippen LogP contribution is -2.06. The maximum absolute atomic E-state index is 11.3. The van der Waals surface area contributed by atoms with Crippen molar-refractivity contribution in [2.75, 3.05) is 5.32 Å². The molecular weight excluding hydrogens is 412 g/mol. The minimum absolute atomic E-state index is 0.0303. The molecule has 0 spiro atoms. The van der Waals surface area contributed by atoms with Crippen molar-refractivity contribution in [2.45, 2.75) is 13.5 Å². The van der Waals surface area contributed by atoms with Crippen LogP contribution >= 0.6 is 27.3 Å². The number of pyridine rings is 1. The molecule has 0 bridgehead atoms. The van der Waals surface area contributed by atoms with Crippen molar-refractivity contribution in [3.05, 3.63) is 50.1 Å². The number of benzene rings is 1. The van der Waals surface area contributed by atoms with E-state index in [2.05, 4.69) is 31.2 Å². The second-order valence-corrected chi connectivity index (χ2v) is 6.78. The first-order valence-corrected chi connectivity index (χ1v) is 8.69. The number of nitrogens with one attached hydrogen (secondary N) is 1. The molecule has 128 valence electrons. The highest BCUT2D eigenvalue weighted by Gasteiger charge is 2.20. The molecule has 10 heteroatoms. The van der Waals surface area contributed by atoms with E-state index in [0.29, 0.717) is 21.7 Å². The monoisotopic (exact) mass is 422 g/mol. The number of thiazole rings is 1. The molecule has 1 amide bonds. The minimum Gasteiger partial charge on any atom is -0.480 e. The van der Waals surface area contributed by atoms with Crippen LogP contribution in [0.5, 0.6) is 5.75 Å². The van der Waals surface area contributed by atoms with Gasteiger partial charge in [0.25, 0.3) is 0 Å². The third-order valence-corrected chi connectivity index (χ3v) is 4.46. The summed E-state index contributed by atoms with van der Waals surface area (Å²) in [5.74, 6) is -0.0900. The van der Waals surface area contributed by atoms with Gasteiger partial charge in [0.2, 0.25) is 11.7 Å². The molecule has 1 N–H and O–H groups in total. The quantitative estimate of drug-likeness (QED) is 0.493. The van der Waals surface area contributed by atoms with Crippen molar-refractivity contribution in [3.63, 3.8) is 0 Å². The van der Waals surface area contributed by atoms with Crippen molar-refractivity contribution in [2.24, 2.45) is 0 Å². The maximum Gasteiger partial charge on any atom is 0.329 e. The van der Waals surface area contributed by atoms with Gasteiger partial charge in [-0.05, 0) is 18.2 Å². The highest BCUT2D eigenvalue weighted by molar-refractivity contribution is 9.10. The summed E-state index contributed by atoms with van der Waals surface area (Å²) in [6, 6.07) is 5.26. The Morgan fingerprint density at radius 3 is 3.00 bits per heavy atom. The number of halogens is 1. The highest BCUT2D eigenvalue weighted by atomic mass is 79.9. The Bertz CT molecular complexity index is 975. The number of nitrogens with zero attached hydrogens (tertiary/aromatic N) is 3. The third kappa shape index (κ3) is 3.91. The Morgan fingerprint density at radius 1 is 1.48 bits per heavy atom. The van der Waals surface area contributed by atoms with Gasteiger partial charge < -0.3 is 10.1 Å². The van der Waals surface area contributed by atoms with Crippen LogP contribution in [0.15, 0.2) is 34.2 Å². The van der Waals surface area contributed by atoms with Gasteiger partial charge in [-0.2, -0.15) is 0 Å². The zero-order chi connectivity index (χ0) is 18.0. The Kier molecular flexibility index (Phi) is 4.91. The van der Waals surface area contributed by atoms with Gasteiger partial charge in [0.1, 0.15) is 12.8 Å². The molecule has 0 aliphatic carbocycles. The second kappa shape index (κ2) is 7.11. The fraction of sp³-hybridized carbons (Fsp3) is 0.133. The van der Waals surface area contributed by atoms with Gasteiger partial charge >= 0.3 is 5.69 Å². The summed E-state index contributed by atoms with van der Waals surface area (Å²) in [5, 5.41) is 16.6. The van der Waals surface area contributed by atoms with Gasteiger partial charge in [-0.15, -0.1) is 11.3 Å². The van der Waals surface area contributed by atoms with E-state index in [1.807, 2.05) is 0 Å². The van der Waals surface area contributed by atoms with Crippen LogP contribution in [0.4, 0.5) is 10.8 Å². The molecule has 0 atom stereocenters. The van der Waals surface area contributed by atoms with Crippen LogP contribution in [0.25, 0.3) is 10.9 Å². The molecule has 1 aromatic carbocycles. The van der Waals surface area contributed by atoms with Crippen LogP contribution in [-0.2, 0) is 11.4 Å². The lowest BCUT2D eigenvalue weighted by molar-refractivity contribution is -0.386. The number of carbonyl (C=O) groups is 1. The predicted molar refractivity (Wildman–Crippen MR) is 96.8 cm³/mol. The average molecular weight is 423 g/mol. The summed E-state index contributed by atoms with van der Waals surface area (Å²) < 4.78 is 6.46. The lowest BCUT2D eigenvalue weighted by atomic mass is 10.2. The van der Waals surface area contributed by atoms with Crippen molar-refractivity contribution in [1.82, 2.24) is 9.97 Å². The van der Waals surface area contributed by atoms with E-state index in [9.17, 15) is 14.9 Å². The number of anilines is 1. The van der Waals surface area contributed by atoms with Crippen molar-refractivity contribution < 1.29 is 14.5 Å². The van der Waals surface area contributed by atoms with Crippen molar-refractivity contribution >= 4 is 54.9 Å². The number of nitro groups is 1. The Labute approximate surface area is 154 Å². The minimum atomic E-state index is -0.535. The van der Waals surface area contributed by atoms with Gasteiger partial charge in [-0.1, -0.05) is 15.9 Å². The molecule has 0 radical (unpaired) electrons. The summed E-state index contributed by atoms with van der Waals surface area (Å²) in [7, 11) is 0. The van der Waals surface area contributed by atoms with Gasteiger partial charge in [-0.3, -0.25) is 14.9 Å². The zero-order valence-corrected chi connectivity index (χ0v) is 15.3. The smallest absolute Gasteiger partial charge is 0.329 e. The zero-order valence-electron chi connectivity index (χ0n) is 12.9. The summed E-state index contributed by atoms with van der Waals surface area (Å²) >= 11 is 4.60. The molecule has 0 aliphatic rings. The first-order chi connectivity index (χ1) is 11.9. The SMILES string of the molecule is CC(=O)Nc1nc(COc2c([N+](=O)[O-])cnc3ccc(Br)cc23)cs1. The number of carbonyl (C=O) groups excluding carboxylic acids is 1. The number of fused-ring (bicyclic) bond motifs is 1. The summed E-state index contributed by atoms with van der Waals surface area (Å²) in [4.78, 5) is 30.1. The van der Waals surface area contributed by atoms with Crippen LogP contribution in [0, 0.1) is 10.1 Å². The largest absolute Gasteiger partial charge is 0.480 e. The van der Waals surface area contributed by atoms with Crippen LogP contribution in [-0.4, -0.2) is 20.8 Å². The van der Waals surface area contributed by atoms with E-state index >= 15 is 0 Å². The Morgan fingerprint density at radius 2 is 2.28 bits per heavy atom. The van der Waals surface area contributed by atoms with Crippen LogP contribution in [0.1, 0.15) is 12.6 Å². The fourth-order valence-electron chi connectivity index (χ4n) is 2.14. The van der Waals surface area contributed by atoms with Gasteiger partial charge in [0.15, 0.2) is 5.13 Å². The molecule has 0 aliphatic heterocycles. The maximum atomic E-state index is 11.3. The molecular formula is C15H11BrN4O4S. The van der Waals surface area contributed by atoms with E-state index in [0.717, 1.165) is 4.47 Å². The molecule has 0 saturated heterocycles. The molecule has 3 aromatic rings. The Balaban J connectivity index is 1.92. The molecule has 2 heterocycles. The van der Waals surface area contributed by atoms with Crippen molar-refractivity contribution in [1.29, 1.82) is 0 Å². The molecule has 0 unspecified atom stereocenters. The normalized spacial score (nSPS) is 10.6. The van der Waals surface area contributed by atoms with E-state index in [1.54, 1.807) is 23.6 Å². The predicted octanol–water partition coefficient (Wildman–Crippen LogP) is 3.90. The van der Waals surface area contributed by atoms with Crippen LogP contribution in [0.3, 0.4) is 0 Å². The van der Waals surface area contributed by atoms with Gasteiger partial charge in [0.05, 0.1) is 21.5 Å². The number of amides is 1. The molecule has 0 fully saturated rings. The first kappa shape index (κ1) is 17.2. The van der Waals surface area contributed by atoms with E-state index in [4.69, 9.17) is 4.74 Å². The highest BCUT2D eigenvalue weighted by Crippen LogP contribution is 2.36. The fourth-order valence-corrected chi connectivity index (χ4v) is 3.24. The van der Waals surface area contributed by atoms with E-state index in [1.165, 1.54) is 24.5 Å². The number of hydrogen-bond donors (Lipinski definition) is 1. The summed E-state index contributed by atoms with van der Waals surface area (Å²) in [5.41, 5.74) is 0.923. The van der Waals surface area contributed by atoms with E-state index in [-0.39, 0.29) is 24.0 Å². The number of hydrogen-bond acceptors (Lipinski definition) is 7. The van der Waals surface area contributed by atoms with Gasteiger partial charge in [0, 0.05) is 16.8 Å². The van der Waals surface area contributed by atoms with Gasteiger partial charge in [-0.25, -0.2) is 9.97 Å². The average Bonchev–Trinajstić information content (AvgIpc) is 2.98. The first-order valence-electron chi connectivity index (χ1n) is 7.01. The number of rotatable bonds is 5. The summed E-state index contributed by atoms with van der Waals surface area (Å²) in [6.45, 7) is 1.42. The molecule has 2 aromatic heterocycles. The summed E-state index contributed by atoms with van der Waals surface area (Å²) in [6.07, 6.45) is 1.18. The number of aromatic nitrogens is 2. The topological polar surface area (TPSA) is 107 Å². The molecule has 0 saturated carbocycles. The molecule has 8 nitrogen and oxygen atoms in total. The van der Waals surface area contributed by atoms with Crippen LogP contribution in [0.2, 0.25) is 0 Å².